The number of fused-ring (bicyclic) bond motifs is 1. The third-order valence-electron chi connectivity index (χ3n) is 8.68. The molecule has 6 rings (SSSR count). The van der Waals surface area contributed by atoms with Crippen LogP contribution in [0.4, 0.5) is 22.0 Å². The third-order valence-corrected chi connectivity index (χ3v) is 8.68. The van der Waals surface area contributed by atoms with Crippen LogP contribution in [-0.4, -0.2) is 41.8 Å². The zero-order valence-electron chi connectivity index (χ0n) is 25.4. The number of aromatic nitrogens is 1. The van der Waals surface area contributed by atoms with Crippen LogP contribution in [0.1, 0.15) is 49.2 Å². The first-order chi connectivity index (χ1) is 21.0. The average molecular weight is 590 g/mol. The zero-order valence-corrected chi connectivity index (χ0v) is 25.4. The van der Waals surface area contributed by atoms with Crippen molar-refractivity contribution in [1.82, 2.24) is 10.3 Å². The van der Waals surface area contributed by atoms with Crippen molar-refractivity contribution in [3.63, 3.8) is 0 Å². The molecular weight excluding hydrogens is 553 g/mol. The molecule has 0 unspecified atom stereocenters. The minimum absolute atomic E-state index is 0.138. The van der Waals surface area contributed by atoms with Gasteiger partial charge in [0.1, 0.15) is 0 Å². The summed E-state index contributed by atoms with van der Waals surface area (Å²) >= 11 is 0. The Morgan fingerprint density at radius 3 is 2.30 bits per heavy atom. The number of nitrogens with one attached hydrogen (secondary N) is 2. The highest BCUT2D eigenvalue weighted by Crippen LogP contribution is 2.36. The second kappa shape index (κ2) is 11.4. The molecule has 224 valence electrons. The summed E-state index contributed by atoms with van der Waals surface area (Å²) in [5, 5.41) is 5.81. The van der Waals surface area contributed by atoms with Gasteiger partial charge in [-0.25, -0.2) is 9.78 Å². The Morgan fingerprint density at radius 1 is 0.909 bits per heavy atom. The Balaban J connectivity index is 1.07. The molecule has 10 heteroatoms. The molecule has 4 aromatic rings. The lowest BCUT2D eigenvalue weighted by Crippen LogP contribution is -2.41. The standard InChI is InChI=1S/C34H36BN5O4/c1-33(2)34(3,4)44-35(43-33)26-15-13-23(14-16-26)28-18-17-27(36)30(38-28)39-31(41)25-11-9-22(10-12-25)21-37-32(42)40-20-19-24-7-5-6-8-29(24)40/h5-18H,19-21,36H2,1-4H3,(H,37,42)(H,38,39,41). The van der Waals surface area contributed by atoms with Crippen LogP contribution in [0.2, 0.25) is 0 Å². The largest absolute Gasteiger partial charge is 0.494 e. The molecule has 2 aliphatic rings. The molecule has 9 nitrogen and oxygen atoms in total. The highest BCUT2D eigenvalue weighted by molar-refractivity contribution is 6.62. The molecule has 1 fully saturated rings. The zero-order chi connectivity index (χ0) is 31.1. The van der Waals surface area contributed by atoms with Gasteiger partial charge in [-0.05, 0) is 81.0 Å². The first-order valence-corrected chi connectivity index (χ1v) is 14.8. The normalized spacial score (nSPS) is 16.5. The first kappa shape index (κ1) is 29.4. The average Bonchev–Trinajstić information content (AvgIpc) is 3.54. The molecule has 0 bridgehead atoms. The van der Waals surface area contributed by atoms with Crippen LogP contribution in [0.5, 0.6) is 0 Å². The predicted molar refractivity (Wildman–Crippen MR) is 174 cm³/mol. The van der Waals surface area contributed by atoms with E-state index in [1.54, 1.807) is 23.1 Å². The maximum atomic E-state index is 13.1. The third kappa shape index (κ3) is 5.78. The molecule has 44 heavy (non-hydrogen) atoms. The van der Waals surface area contributed by atoms with Crippen LogP contribution in [-0.2, 0) is 22.3 Å². The number of amides is 3. The Bertz CT molecular complexity index is 1690. The van der Waals surface area contributed by atoms with Gasteiger partial charge in [0.25, 0.3) is 5.91 Å². The van der Waals surface area contributed by atoms with Crippen LogP contribution in [0.25, 0.3) is 11.3 Å². The number of para-hydroxylation sites is 1. The van der Waals surface area contributed by atoms with Gasteiger partial charge in [0.2, 0.25) is 0 Å². The lowest BCUT2D eigenvalue weighted by molar-refractivity contribution is 0.00578. The number of nitrogens with two attached hydrogens (primary N) is 1. The molecule has 4 N–H and O–H groups in total. The summed E-state index contributed by atoms with van der Waals surface area (Å²) in [4.78, 5) is 32.2. The summed E-state index contributed by atoms with van der Waals surface area (Å²) in [5.41, 5.74) is 11.6. The second-order valence-electron chi connectivity index (χ2n) is 12.2. The van der Waals surface area contributed by atoms with E-state index in [1.807, 2.05) is 94.4 Å². The lowest BCUT2D eigenvalue weighted by Gasteiger charge is -2.32. The minimum Gasteiger partial charge on any atom is -0.399 e. The van der Waals surface area contributed by atoms with Gasteiger partial charge in [-0.3, -0.25) is 9.69 Å². The Labute approximate surface area is 257 Å². The number of nitrogens with zero attached hydrogens (tertiary/aromatic N) is 2. The maximum Gasteiger partial charge on any atom is 0.494 e. The van der Waals surface area contributed by atoms with Crippen molar-refractivity contribution >= 4 is 41.7 Å². The van der Waals surface area contributed by atoms with Crippen molar-refractivity contribution in [1.29, 1.82) is 0 Å². The van der Waals surface area contributed by atoms with E-state index in [2.05, 4.69) is 15.6 Å². The van der Waals surface area contributed by atoms with E-state index in [0.717, 1.165) is 28.7 Å². The summed E-state index contributed by atoms with van der Waals surface area (Å²) in [6, 6.07) is 26.2. The van der Waals surface area contributed by atoms with Crippen molar-refractivity contribution in [3.05, 3.63) is 102 Å². The number of hydrogen-bond acceptors (Lipinski definition) is 6. The second-order valence-corrected chi connectivity index (χ2v) is 12.2. The highest BCUT2D eigenvalue weighted by atomic mass is 16.7. The van der Waals surface area contributed by atoms with Gasteiger partial charge in [-0.1, -0.05) is 54.6 Å². The van der Waals surface area contributed by atoms with E-state index >= 15 is 0 Å². The van der Waals surface area contributed by atoms with Crippen LogP contribution in [0, 0.1) is 0 Å². The van der Waals surface area contributed by atoms with Crippen molar-refractivity contribution in [2.45, 2.75) is 51.9 Å². The van der Waals surface area contributed by atoms with Gasteiger partial charge in [-0.15, -0.1) is 0 Å². The van der Waals surface area contributed by atoms with Crippen LogP contribution in [0.3, 0.4) is 0 Å². The molecule has 0 radical (unpaired) electrons. The molecule has 3 aromatic carbocycles. The fourth-order valence-electron chi connectivity index (χ4n) is 5.30. The number of hydrogen-bond donors (Lipinski definition) is 3. The summed E-state index contributed by atoms with van der Waals surface area (Å²) in [5.74, 6) is -0.0495. The number of carbonyl (C=O) groups is 2. The van der Waals surface area contributed by atoms with Crippen LogP contribution in [0.15, 0.2) is 84.9 Å². The molecule has 0 atom stereocenters. The molecule has 3 amide bonds. The van der Waals surface area contributed by atoms with E-state index in [-0.39, 0.29) is 17.8 Å². The minimum atomic E-state index is -0.450. The number of pyridine rings is 1. The Morgan fingerprint density at radius 2 is 1.59 bits per heavy atom. The summed E-state index contributed by atoms with van der Waals surface area (Å²) in [6.07, 6.45) is 0.852. The highest BCUT2D eigenvalue weighted by Gasteiger charge is 2.51. The smallest absolute Gasteiger partial charge is 0.399 e. The fraction of sp³-hybridized carbons (Fsp3) is 0.265. The Kier molecular flexibility index (Phi) is 7.65. The van der Waals surface area contributed by atoms with Gasteiger partial charge in [0, 0.05) is 29.9 Å². The molecule has 1 aromatic heterocycles. The molecule has 0 spiro atoms. The number of nitrogen functional groups attached to an aromatic ring is 1. The topological polar surface area (TPSA) is 119 Å². The number of rotatable bonds is 6. The van der Waals surface area contributed by atoms with Gasteiger partial charge < -0.3 is 25.7 Å². The molecule has 0 saturated carbocycles. The molecule has 3 heterocycles. The quantitative estimate of drug-likeness (QED) is 0.268. The van der Waals surface area contributed by atoms with Crippen LogP contribution >= 0.6 is 0 Å². The summed E-state index contributed by atoms with van der Waals surface area (Å²) < 4.78 is 12.3. The van der Waals surface area contributed by atoms with Gasteiger partial charge in [-0.2, -0.15) is 0 Å². The van der Waals surface area contributed by atoms with Crippen molar-refractivity contribution < 1.29 is 18.9 Å². The first-order valence-electron chi connectivity index (χ1n) is 14.8. The maximum absolute atomic E-state index is 13.1. The summed E-state index contributed by atoms with van der Waals surface area (Å²) in [7, 11) is -0.450. The van der Waals surface area contributed by atoms with Crippen molar-refractivity contribution in [3.8, 4) is 11.3 Å². The van der Waals surface area contributed by atoms with Crippen LogP contribution < -0.4 is 26.7 Å². The fourth-order valence-corrected chi connectivity index (χ4v) is 5.30. The van der Waals surface area contributed by atoms with E-state index < -0.39 is 18.3 Å². The molecule has 2 aliphatic heterocycles. The molecule has 0 aliphatic carbocycles. The molecular formula is C34H36BN5O4. The number of benzene rings is 3. The molecule has 1 saturated heterocycles. The van der Waals surface area contributed by atoms with Crippen molar-refractivity contribution in [2.24, 2.45) is 0 Å². The summed E-state index contributed by atoms with van der Waals surface area (Å²) in [6.45, 7) is 9.12. The van der Waals surface area contributed by atoms with E-state index in [4.69, 9.17) is 15.0 Å². The van der Waals surface area contributed by atoms with E-state index in [1.165, 1.54) is 5.56 Å². The monoisotopic (exact) mass is 589 g/mol. The number of carbonyl (C=O) groups excluding carboxylic acids is 2. The van der Waals surface area contributed by atoms with Crippen molar-refractivity contribution in [2.75, 3.05) is 22.5 Å². The predicted octanol–water partition coefficient (Wildman–Crippen LogP) is 5.15. The number of anilines is 3. The van der Waals surface area contributed by atoms with E-state index in [0.29, 0.717) is 30.0 Å². The van der Waals surface area contributed by atoms with Gasteiger partial charge in [0.05, 0.1) is 22.6 Å². The SMILES string of the molecule is CC1(C)OB(c2ccc(-c3ccc(N)c(NC(=O)c4ccc(CNC(=O)N5CCc6ccccc65)cc4)n3)cc2)OC1(C)C. The van der Waals surface area contributed by atoms with Gasteiger partial charge in [0.15, 0.2) is 5.82 Å². The van der Waals surface area contributed by atoms with E-state index in [9.17, 15) is 9.59 Å². The number of urea groups is 1. The van der Waals surface area contributed by atoms with Gasteiger partial charge >= 0.3 is 13.1 Å². The Hall–Kier alpha value is -4.67. The lowest BCUT2D eigenvalue weighted by atomic mass is 9.79.